The molecule has 0 saturated carbocycles. The van der Waals surface area contributed by atoms with Crippen molar-refractivity contribution < 1.29 is 13.9 Å². The van der Waals surface area contributed by atoms with Crippen molar-refractivity contribution in [2.24, 2.45) is 0 Å². The Bertz CT molecular complexity index is 1100. The van der Waals surface area contributed by atoms with Gasteiger partial charge in [0.25, 0.3) is 0 Å². The van der Waals surface area contributed by atoms with Gasteiger partial charge in [-0.2, -0.15) is 5.26 Å². The number of benzene rings is 2. The lowest BCUT2D eigenvalue weighted by Gasteiger charge is -2.19. The number of carbonyl (C=O) groups excluding carboxylic acids is 1. The van der Waals surface area contributed by atoms with Crippen LogP contribution < -0.4 is 10.1 Å². The average molecular weight is 445 g/mol. The first-order chi connectivity index (χ1) is 16.1. The number of ether oxygens (including phenoxy) is 1. The van der Waals surface area contributed by atoms with Crippen LogP contribution in [0.2, 0.25) is 0 Å². The van der Waals surface area contributed by atoms with Crippen LogP contribution in [-0.2, 0) is 17.8 Å². The van der Waals surface area contributed by atoms with E-state index in [4.69, 9.17) is 14.4 Å². The Morgan fingerprint density at radius 1 is 1.24 bits per heavy atom. The van der Waals surface area contributed by atoms with Crippen molar-refractivity contribution in [1.82, 2.24) is 15.2 Å². The molecule has 0 spiro atoms. The Balaban J connectivity index is 1.26. The summed E-state index contributed by atoms with van der Waals surface area (Å²) in [6.45, 7) is 3.92. The maximum absolute atomic E-state index is 12.3. The third-order valence-corrected chi connectivity index (χ3v) is 5.78. The van der Waals surface area contributed by atoms with Gasteiger partial charge in [-0.15, -0.1) is 0 Å². The minimum Gasteiger partial charge on any atom is -0.489 e. The van der Waals surface area contributed by atoms with Gasteiger partial charge in [0, 0.05) is 25.1 Å². The number of nitrogens with zero attached hydrogens (tertiary/aromatic N) is 3. The topological polar surface area (TPSA) is 91.4 Å². The number of likely N-dealkylation sites (tertiary alicyclic amines) is 1. The highest BCUT2D eigenvalue weighted by Gasteiger charge is 2.27. The molecule has 33 heavy (non-hydrogen) atoms. The van der Waals surface area contributed by atoms with Crippen LogP contribution >= 0.6 is 0 Å². The van der Waals surface area contributed by atoms with Crippen molar-refractivity contribution in [3.05, 3.63) is 71.6 Å². The van der Waals surface area contributed by atoms with Crippen molar-refractivity contribution in [2.75, 3.05) is 19.6 Å². The van der Waals surface area contributed by atoms with Gasteiger partial charge in [0.2, 0.25) is 11.8 Å². The Labute approximate surface area is 194 Å². The number of hydrogen-bond acceptors (Lipinski definition) is 6. The Morgan fingerprint density at radius 2 is 2.03 bits per heavy atom. The highest BCUT2D eigenvalue weighted by molar-refractivity contribution is 5.79. The zero-order valence-corrected chi connectivity index (χ0v) is 18.8. The van der Waals surface area contributed by atoms with Gasteiger partial charge in [-0.3, -0.25) is 4.79 Å². The fourth-order valence-corrected chi connectivity index (χ4v) is 3.92. The second kappa shape index (κ2) is 10.8. The van der Waals surface area contributed by atoms with Gasteiger partial charge in [-0.25, -0.2) is 4.98 Å². The number of aromatic nitrogens is 1. The minimum absolute atomic E-state index is 0.0220. The summed E-state index contributed by atoms with van der Waals surface area (Å²) in [6, 6.07) is 19.7. The lowest BCUT2D eigenvalue weighted by molar-refractivity contribution is -0.130. The second-order valence-corrected chi connectivity index (χ2v) is 8.12. The molecule has 1 saturated heterocycles. The molecular weight excluding hydrogens is 416 g/mol. The Kier molecular flexibility index (Phi) is 7.38. The highest BCUT2D eigenvalue weighted by Crippen LogP contribution is 2.24. The lowest BCUT2D eigenvalue weighted by Crippen LogP contribution is -2.41. The summed E-state index contributed by atoms with van der Waals surface area (Å²) in [6.07, 6.45) is 2.32. The number of rotatable bonds is 9. The van der Waals surface area contributed by atoms with Crippen LogP contribution in [0.25, 0.3) is 11.5 Å². The van der Waals surface area contributed by atoms with Crippen LogP contribution in [0.1, 0.15) is 29.9 Å². The molecule has 2 aromatic carbocycles. The van der Waals surface area contributed by atoms with Crippen LogP contribution in [0.3, 0.4) is 0 Å². The molecule has 1 aliphatic heterocycles. The number of nitriles is 1. The summed E-state index contributed by atoms with van der Waals surface area (Å²) in [5.74, 6) is 2.11. The van der Waals surface area contributed by atoms with Gasteiger partial charge in [0.1, 0.15) is 24.2 Å². The van der Waals surface area contributed by atoms with Crippen molar-refractivity contribution in [3.8, 4) is 23.3 Å². The zero-order chi connectivity index (χ0) is 23.0. The van der Waals surface area contributed by atoms with Gasteiger partial charge in [0.05, 0.1) is 18.3 Å². The first-order valence-corrected chi connectivity index (χ1v) is 11.3. The van der Waals surface area contributed by atoms with Crippen LogP contribution in [0.5, 0.6) is 5.75 Å². The van der Waals surface area contributed by atoms with E-state index in [9.17, 15) is 4.79 Å². The highest BCUT2D eigenvalue weighted by atomic mass is 16.5. The summed E-state index contributed by atoms with van der Waals surface area (Å²) in [4.78, 5) is 18.6. The van der Waals surface area contributed by atoms with E-state index in [1.807, 2.05) is 61.5 Å². The number of carbonyl (C=O) groups is 1. The largest absolute Gasteiger partial charge is 0.489 e. The maximum atomic E-state index is 12.3. The minimum atomic E-state index is -0.283. The molecule has 1 N–H and O–H groups in total. The van der Waals surface area contributed by atoms with Gasteiger partial charge in [-0.1, -0.05) is 30.3 Å². The number of hydrogen-bond donors (Lipinski definition) is 1. The second-order valence-electron chi connectivity index (χ2n) is 8.12. The molecule has 1 aromatic heterocycles. The van der Waals surface area contributed by atoms with Crippen molar-refractivity contribution in [2.45, 2.75) is 38.8 Å². The molecule has 170 valence electrons. The molecule has 1 fully saturated rings. The summed E-state index contributed by atoms with van der Waals surface area (Å²) >= 11 is 0. The molecule has 1 aliphatic rings. The Morgan fingerprint density at radius 3 is 2.79 bits per heavy atom. The lowest BCUT2D eigenvalue weighted by atomic mass is 10.2. The van der Waals surface area contributed by atoms with Crippen LogP contribution in [0.15, 0.2) is 59.0 Å². The molecular formula is C26H28N4O3. The normalized spacial score (nSPS) is 15.4. The van der Waals surface area contributed by atoms with E-state index in [2.05, 4.69) is 16.4 Å². The molecule has 7 nitrogen and oxygen atoms in total. The first-order valence-electron chi connectivity index (χ1n) is 11.3. The number of nitrogens with one attached hydrogen (secondary N) is 1. The molecule has 0 bridgehead atoms. The SMILES string of the molecule is Cc1oc(-c2ccc(OCc3ccccc3)cc2)nc1CCNCC(=O)N1CCC[C@H]1C#N. The quantitative estimate of drug-likeness (QED) is 0.504. The predicted molar refractivity (Wildman–Crippen MR) is 124 cm³/mol. The molecule has 0 aliphatic carbocycles. The standard InChI is InChI=1S/C26H28N4O3/c1-19-24(13-14-28-17-25(31)30-15-5-8-22(30)16-27)29-26(33-19)21-9-11-23(12-10-21)32-18-20-6-3-2-4-7-20/h2-4,6-7,9-12,22,28H,5,8,13-15,17-18H2,1H3/t22-/m0/s1. The van der Waals surface area contributed by atoms with Crippen molar-refractivity contribution in [3.63, 3.8) is 0 Å². The number of amides is 1. The third-order valence-electron chi connectivity index (χ3n) is 5.78. The van der Waals surface area contributed by atoms with Crippen LogP contribution in [0.4, 0.5) is 0 Å². The molecule has 0 radical (unpaired) electrons. The molecule has 3 aromatic rings. The first kappa shape index (κ1) is 22.6. The van der Waals surface area contributed by atoms with E-state index in [0.29, 0.717) is 32.0 Å². The molecule has 2 heterocycles. The average Bonchev–Trinajstić information content (AvgIpc) is 3.48. The fourth-order valence-electron chi connectivity index (χ4n) is 3.92. The third kappa shape index (κ3) is 5.79. The molecule has 4 rings (SSSR count). The fraction of sp³-hybridized carbons (Fsp3) is 0.346. The van der Waals surface area contributed by atoms with Gasteiger partial charge in [0.15, 0.2) is 0 Å². The van der Waals surface area contributed by atoms with Crippen LogP contribution in [0, 0.1) is 18.3 Å². The molecule has 1 amide bonds. The predicted octanol–water partition coefficient (Wildman–Crippen LogP) is 3.88. The van der Waals surface area contributed by atoms with E-state index in [-0.39, 0.29) is 18.5 Å². The summed E-state index contributed by atoms with van der Waals surface area (Å²) < 4.78 is 11.7. The van der Waals surface area contributed by atoms with Crippen LogP contribution in [-0.4, -0.2) is 41.5 Å². The van der Waals surface area contributed by atoms with Gasteiger partial charge >= 0.3 is 0 Å². The van der Waals surface area contributed by atoms with Gasteiger partial charge in [-0.05, 0) is 49.6 Å². The molecule has 0 unspecified atom stereocenters. The summed E-state index contributed by atoms with van der Waals surface area (Å²) in [7, 11) is 0. The van der Waals surface area contributed by atoms with E-state index in [1.54, 1.807) is 4.90 Å². The number of aryl methyl sites for hydroxylation is 1. The van der Waals surface area contributed by atoms with E-state index in [0.717, 1.165) is 41.2 Å². The summed E-state index contributed by atoms with van der Waals surface area (Å²) in [5.41, 5.74) is 2.87. The smallest absolute Gasteiger partial charge is 0.237 e. The molecule has 7 heteroatoms. The van der Waals surface area contributed by atoms with E-state index >= 15 is 0 Å². The Hall–Kier alpha value is -3.63. The zero-order valence-electron chi connectivity index (χ0n) is 18.8. The van der Waals surface area contributed by atoms with Crippen molar-refractivity contribution >= 4 is 5.91 Å². The van der Waals surface area contributed by atoms with E-state index < -0.39 is 0 Å². The number of oxazole rings is 1. The monoisotopic (exact) mass is 444 g/mol. The van der Waals surface area contributed by atoms with Crippen molar-refractivity contribution in [1.29, 1.82) is 5.26 Å². The van der Waals surface area contributed by atoms with Gasteiger partial charge < -0.3 is 19.4 Å². The molecule has 1 atom stereocenters. The van der Waals surface area contributed by atoms with E-state index in [1.165, 1.54) is 0 Å². The summed E-state index contributed by atoms with van der Waals surface area (Å²) in [5, 5.41) is 12.3. The maximum Gasteiger partial charge on any atom is 0.237 e.